The van der Waals surface area contributed by atoms with Crippen LogP contribution in [0.3, 0.4) is 0 Å². The Kier molecular flexibility index (Phi) is 5.76. The second-order valence-electron chi connectivity index (χ2n) is 5.02. The van der Waals surface area contributed by atoms with E-state index in [0.717, 1.165) is 12.8 Å². The van der Waals surface area contributed by atoms with E-state index in [1.807, 2.05) is 13.8 Å². The molecule has 0 radical (unpaired) electrons. The van der Waals surface area contributed by atoms with Crippen LogP contribution in [0, 0.1) is 5.92 Å². The maximum atomic E-state index is 10.2. The highest BCUT2D eigenvalue weighted by Crippen LogP contribution is 2.36. The summed E-state index contributed by atoms with van der Waals surface area (Å²) in [6, 6.07) is 0. The summed E-state index contributed by atoms with van der Waals surface area (Å²) in [4.78, 5) is 0. The third kappa shape index (κ3) is 3.43. The monoisotopic (exact) mass is 454 g/mol. The molecule has 2 N–H and O–H groups in total. The third-order valence-electron chi connectivity index (χ3n) is 3.60. The molecular weight excluding hydrogens is 434 g/mol. The lowest BCUT2D eigenvalue weighted by atomic mass is 9.80. The van der Waals surface area contributed by atoms with Gasteiger partial charge in [0.2, 0.25) is 0 Å². The highest BCUT2D eigenvalue weighted by molar-refractivity contribution is 14.1. The van der Waals surface area contributed by atoms with Crippen LogP contribution in [0.5, 0.6) is 0 Å². The zero-order chi connectivity index (χ0) is 12.4. The van der Waals surface area contributed by atoms with Gasteiger partial charge in [-0.25, -0.2) is 0 Å². The van der Waals surface area contributed by atoms with Crippen molar-refractivity contribution in [2.75, 3.05) is 15.5 Å². The number of ether oxygens (including phenoxy) is 1. The Hall–Kier alpha value is 1.34. The van der Waals surface area contributed by atoms with Crippen molar-refractivity contribution in [1.29, 1.82) is 0 Å². The Balaban J connectivity index is 2.57. The van der Waals surface area contributed by atoms with Gasteiger partial charge in [0, 0.05) is 14.8 Å². The zero-order valence-corrected chi connectivity index (χ0v) is 14.1. The summed E-state index contributed by atoms with van der Waals surface area (Å²) in [5.74, 6) is 0.180. The maximum absolute atomic E-state index is 10.2. The van der Waals surface area contributed by atoms with Gasteiger partial charge in [-0.05, 0) is 26.7 Å². The standard InChI is InChI=1S/C11H20I2O3/c1-10(15,7-13)8-3-4-11(2,16-6-8)9(14)5-12/h8-9,14-15H,3-7H2,1-2H3. The van der Waals surface area contributed by atoms with Crippen LogP contribution in [0.4, 0.5) is 0 Å². The van der Waals surface area contributed by atoms with Gasteiger partial charge in [0.1, 0.15) is 0 Å². The van der Waals surface area contributed by atoms with Crippen molar-refractivity contribution in [3.8, 4) is 0 Å². The van der Waals surface area contributed by atoms with Crippen molar-refractivity contribution in [3.63, 3.8) is 0 Å². The number of hydrogen-bond donors (Lipinski definition) is 2. The number of halogens is 2. The van der Waals surface area contributed by atoms with E-state index < -0.39 is 17.3 Å². The van der Waals surface area contributed by atoms with Gasteiger partial charge in [-0.15, -0.1) is 0 Å². The molecule has 5 heteroatoms. The topological polar surface area (TPSA) is 49.7 Å². The quantitative estimate of drug-likeness (QED) is 0.506. The SMILES string of the molecule is CC(O)(CI)C1CCC(C)(C(O)CI)OC1. The first-order valence-corrected chi connectivity index (χ1v) is 8.57. The minimum atomic E-state index is -0.656. The van der Waals surface area contributed by atoms with E-state index >= 15 is 0 Å². The van der Waals surface area contributed by atoms with E-state index in [1.165, 1.54) is 0 Å². The summed E-state index contributed by atoms with van der Waals surface area (Å²) in [5.41, 5.74) is -1.09. The van der Waals surface area contributed by atoms with Crippen LogP contribution in [0.15, 0.2) is 0 Å². The minimum absolute atomic E-state index is 0.180. The second-order valence-corrected chi connectivity index (χ2v) is 6.66. The molecule has 3 nitrogen and oxygen atoms in total. The van der Waals surface area contributed by atoms with Crippen molar-refractivity contribution >= 4 is 45.2 Å². The lowest BCUT2D eigenvalue weighted by Crippen LogP contribution is -2.51. The lowest BCUT2D eigenvalue weighted by molar-refractivity contribution is -0.168. The number of aliphatic hydroxyl groups excluding tert-OH is 1. The van der Waals surface area contributed by atoms with Crippen LogP contribution in [-0.4, -0.2) is 43.0 Å². The third-order valence-corrected chi connectivity index (χ3v) is 5.98. The fourth-order valence-corrected chi connectivity index (χ4v) is 3.49. The fourth-order valence-electron chi connectivity index (χ4n) is 1.93. The molecule has 0 aliphatic carbocycles. The number of alkyl halides is 2. The Bertz CT molecular complexity index is 225. The van der Waals surface area contributed by atoms with Crippen molar-refractivity contribution in [2.24, 2.45) is 5.92 Å². The molecule has 96 valence electrons. The minimum Gasteiger partial charge on any atom is -0.389 e. The molecule has 1 rings (SSSR count). The predicted octanol–water partition coefficient (Wildman–Crippen LogP) is 2.15. The van der Waals surface area contributed by atoms with E-state index in [-0.39, 0.29) is 5.92 Å². The molecule has 1 fully saturated rings. The van der Waals surface area contributed by atoms with E-state index in [4.69, 9.17) is 4.74 Å². The average Bonchev–Trinajstić information content (AvgIpc) is 2.28. The van der Waals surface area contributed by atoms with Crippen molar-refractivity contribution < 1.29 is 14.9 Å². The van der Waals surface area contributed by atoms with Gasteiger partial charge >= 0.3 is 0 Å². The Labute approximate surface area is 125 Å². The van der Waals surface area contributed by atoms with Gasteiger partial charge in [-0.1, -0.05) is 45.2 Å². The molecular formula is C11H20I2O3. The smallest absolute Gasteiger partial charge is 0.0920 e. The normalized spacial score (nSPS) is 36.8. The fraction of sp³-hybridized carbons (Fsp3) is 1.00. The molecule has 0 amide bonds. The molecule has 4 atom stereocenters. The summed E-state index contributed by atoms with van der Waals surface area (Å²) < 4.78 is 7.20. The predicted molar refractivity (Wildman–Crippen MR) is 81.5 cm³/mol. The first kappa shape index (κ1) is 15.4. The van der Waals surface area contributed by atoms with E-state index in [9.17, 15) is 10.2 Å². The number of hydrogen-bond acceptors (Lipinski definition) is 3. The van der Waals surface area contributed by atoms with Gasteiger partial charge in [-0.3, -0.25) is 0 Å². The molecule has 0 bridgehead atoms. The van der Waals surface area contributed by atoms with Crippen LogP contribution < -0.4 is 0 Å². The summed E-state index contributed by atoms with van der Waals surface area (Å²) in [6.07, 6.45) is 1.31. The highest BCUT2D eigenvalue weighted by Gasteiger charge is 2.42. The molecule has 0 saturated carbocycles. The van der Waals surface area contributed by atoms with Crippen LogP contribution in [0.1, 0.15) is 26.7 Å². The number of rotatable bonds is 4. The zero-order valence-electron chi connectivity index (χ0n) is 9.75. The van der Waals surface area contributed by atoms with Crippen molar-refractivity contribution in [1.82, 2.24) is 0 Å². The largest absolute Gasteiger partial charge is 0.389 e. The summed E-state index contributed by atoms with van der Waals surface area (Å²) in [6.45, 7) is 4.37. The molecule has 1 heterocycles. The first-order chi connectivity index (χ1) is 7.35. The van der Waals surface area contributed by atoms with E-state index in [2.05, 4.69) is 45.2 Å². The summed E-state index contributed by atoms with van der Waals surface area (Å²) >= 11 is 4.38. The van der Waals surface area contributed by atoms with Crippen LogP contribution in [-0.2, 0) is 4.74 Å². The molecule has 16 heavy (non-hydrogen) atoms. The second kappa shape index (κ2) is 5.99. The van der Waals surface area contributed by atoms with Crippen molar-refractivity contribution in [3.05, 3.63) is 0 Å². The first-order valence-electron chi connectivity index (χ1n) is 5.52. The van der Waals surface area contributed by atoms with Crippen LogP contribution in [0.25, 0.3) is 0 Å². The molecule has 1 aliphatic rings. The van der Waals surface area contributed by atoms with Crippen LogP contribution in [0.2, 0.25) is 0 Å². The van der Waals surface area contributed by atoms with E-state index in [1.54, 1.807) is 0 Å². The van der Waals surface area contributed by atoms with Crippen LogP contribution >= 0.6 is 45.2 Å². The van der Waals surface area contributed by atoms with Gasteiger partial charge in [-0.2, -0.15) is 0 Å². The number of aliphatic hydroxyl groups is 2. The molecule has 1 aliphatic heterocycles. The van der Waals surface area contributed by atoms with Gasteiger partial charge in [0.05, 0.1) is 23.9 Å². The molecule has 0 aromatic heterocycles. The average molecular weight is 454 g/mol. The lowest BCUT2D eigenvalue weighted by Gasteiger charge is -2.44. The Morgan fingerprint density at radius 3 is 2.56 bits per heavy atom. The van der Waals surface area contributed by atoms with Gasteiger partial charge < -0.3 is 14.9 Å². The summed E-state index contributed by atoms with van der Waals surface area (Å²) in [7, 11) is 0. The van der Waals surface area contributed by atoms with E-state index in [0.29, 0.717) is 15.5 Å². The molecule has 0 aromatic carbocycles. The van der Waals surface area contributed by atoms with Crippen molar-refractivity contribution in [2.45, 2.75) is 44.0 Å². The molecule has 0 aromatic rings. The Morgan fingerprint density at radius 2 is 2.19 bits per heavy atom. The molecule has 1 saturated heterocycles. The van der Waals surface area contributed by atoms with Gasteiger partial charge in [0.25, 0.3) is 0 Å². The molecule has 4 unspecified atom stereocenters. The Morgan fingerprint density at radius 1 is 1.56 bits per heavy atom. The highest BCUT2D eigenvalue weighted by atomic mass is 127. The van der Waals surface area contributed by atoms with Gasteiger partial charge in [0.15, 0.2) is 0 Å². The molecule has 0 spiro atoms. The maximum Gasteiger partial charge on any atom is 0.0920 e. The summed E-state index contributed by atoms with van der Waals surface area (Å²) in [5, 5.41) is 20.1.